The molecule has 1 aliphatic rings. The predicted octanol–water partition coefficient (Wildman–Crippen LogP) is 3.79. The Labute approximate surface area is 175 Å². The van der Waals surface area contributed by atoms with Gasteiger partial charge >= 0.3 is 0 Å². The lowest BCUT2D eigenvalue weighted by molar-refractivity contribution is 0.197. The molecule has 0 unspecified atom stereocenters. The summed E-state index contributed by atoms with van der Waals surface area (Å²) < 4.78 is 15.8. The number of pyridine rings is 1. The highest BCUT2D eigenvalue weighted by Crippen LogP contribution is 2.38. The number of aromatic nitrogens is 4. The Kier molecular flexibility index (Phi) is 5.92. The van der Waals surface area contributed by atoms with Gasteiger partial charge in [0, 0.05) is 30.5 Å². The van der Waals surface area contributed by atoms with E-state index in [0.717, 1.165) is 47.0 Å². The van der Waals surface area contributed by atoms with Gasteiger partial charge in [-0.05, 0) is 68.5 Å². The lowest BCUT2D eigenvalue weighted by atomic mass is 10.2. The van der Waals surface area contributed by atoms with E-state index in [4.69, 9.17) is 26.8 Å². The number of hydrogen-bond donors (Lipinski definition) is 0. The molecule has 1 saturated carbocycles. The van der Waals surface area contributed by atoms with Crippen molar-refractivity contribution >= 4 is 12.2 Å². The van der Waals surface area contributed by atoms with E-state index in [2.05, 4.69) is 14.5 Å². The number of likely N-dealkylation sites (N-methyl/N-ethyl adjacent to an activating group) is 1. The van der Waals surface area contributed by atoms with Crippen molar-refractivity contribution in [1.29, 1.82) is 0 Å². The predicted molar refractivity (Wildman–Crippen MR) is 114 cm³/mol. The molecule has 7 nitrogen and oxygen atoms in total. The fourth-order valence-electron chi connectivity index (χ4n) is 3.16. The first-order valence-electron chi connectivity index (χ1n) is 9.71. The maximum atomic E-state index is 5.83. The zero-order valence-corrected chi connectivity index (χ0v) is 17.5. The second-order valence-corrected chi connectivity index (χ2v) is 7.55. The highest BCUT2D eigenvalue weighted by Gasteiger charge is 2.29. The van der Waals surface area contributed by atoms with Crippen LogP contribution in [0.2, 0.25) is 0 Å². The molecule has 0 amide bonds. The molecule has 1 aliphatic carbocycles. The van der Waals surface area contributed by atoms with E-state index < -0.39 is 0 Å². The summed E-state index contributed by atoms with van der Waals surface area (Å²) in [5.41, 5.74) is 1.04. The van der Waals surface area contributed by atoms with Gasteiger partial charge in [0.05, 0.1) is 13.8 Å². The Balaban J connectivity index is 1.40. The quantitative estimate of drug-likeness (QED) is 0.500. The average Bonchev–Trinajstić information content (AvgIpc) is 3.53. The van der Waals surface area contributed by atoms with Gasteiger partial charge in [0.1, 0.15) is 18.1 Å². The summed E-state index contributed by atoms with van der Waals surface area (Å²) in [6.45, 7) is 1.95. The van der Waals surface area contributed by atoms with Crippen LogP contribution >= 0.6 is 12.2 Å². The molecule has 3 aromatic rings. The van der Waals surface area contributed by atoms with Crippen molar-refractivity contribution in [3.05, 3.63) is 53.6 Å². The summed E-state index contributed by atoms with van der Waals surface area (Å²) in [4.78, 5) is 6.26. The molecule has 0 spiro atoms. The van der Waals surface area contributed by atoms with Crippen molar-refractivity contribution in [2.45, 2.75) is 25.6 Å². The van der Waals surface area contributed by atoms with Gasteiger partial charge in [-0.2, -0.15) is 5.10 Å². The molecule has 0 N–H and O–H groups in total. The highest BCUT2D eigenvalue weighted by atomic mass is 32.1. The molecule has 8 heteroatoms. The molecule has 0 saturated heterocycles. The molecule has 0 bridgehead atoms. The van der Waals surface area contributed by atoms with Crippen molar-refractivity contribution in [3.63, 3.8) is 0 Å². The van der Waals surface area contributed by atoms with E-state index in [0.29, 0.717) is 19.3 Å². The van der Waals surface area contributed by atoms with Gasteiger partial charge in [0.15, 0.2) is 10.6 Å². The molecule has 152 valence electrons. The minimum Gasteiger partial charge on any atom is -0.497 e. The highest BCUT2D eigenvalue weighted by molar-refractivity contribution is 7.71. The van der Waals surface area contributed by atoms with Gasteiger partial charge in [-0.25, -0.2) is 4.68 Å². The smallest absolute Gasteiger partial charge is 0.199 e. The van der Waals surface area contributed by atoms with Crippen LogP contribution in [0, 0.1) is 4.77 Å². The Bertz CT molecular complexity index is 996. The Morgan fingerprint density at radius 3 is 2.45 bits per heavy atom. The SMILES string of the molecule is COc1ccc(OCCN(C)Cn2nc(-c3ccncc3)n(C3CC3)c2=S)cc1. The Hall–Kier alpha value is -2.71. The fraction of sp³-hybridized carbons (Fsp3) is 0.381. The fourth-order valence-corrected chi connectivity index (χ4v) is 3.50. The second kappa shape index (κ2) is 8.75. The molecular weight excluding hydrogens is 386 g/mol. The van der Waals surface area contributed by atoms with Gasteiger partial charge in [-0.15, -0.1) is 0 Å². The van der Waals surface area contributed by atoms with E-state index in [-0.39, 0.29) is 0 Å². The van der Waals surface area contributed by atoms with Gasteiger partial charge in [-0.3, -0.25) is 14.5 Å². The number of hydrogen-bond acceptors (Lipinski definition) is 6. The molecule has 0 aliphatic heterocycles. The third-order valence-electron chi connectivity index (χ3n) is 4.90. The first kappa shape index (κ1) is 19.6. The van der Waals surface area contributed by atoms with Crippen molar-refractivity contribution in [2.75, 3.05) is 27.3 Å². The lowest BCUT2D eigenvalue weighted by Crippen LogP contribution is -2.27. The van der Waals surface area contributed by atoms with Crippen LogP contribution in [0.4, 0.5) is 0 Å². The monoisotopic (exact) mass is 411 g/mol. The van der Waals surface area contributed by atoms with E-state index in [1.165, 1.54) is 0 Å². The lowest BCUT2D eigenvalue weighted by Gasteiger charge is -2.16. The van der Waals surface area contributed by atoms with Crippen LogP contribution in [-0.4, -0.2) is 51.5 Å². The topological polar surface area (TPSA) is 57.3 Å². The third-order valence-corrected chi connectivity index (χ3v) is 5.31. The first-order valence-corrected chi connectivity index (χ1v) is 10.1. The standard InChI is InChI=1S/C21H25N5O2S/c1-24(13-14-28-19-7-5-18(27-2)6-8-19)15-25-21(29)26(17-3-4-17)20(23-25)16-9-11-22-12-10-16/h5-12,17H,3-4,13-15H2,1-2H3. The summed E-state index contributed by atoms with van der Waals surface area (Å²) >= 11 is 5.74. The number of rotatable bonds is 9. The zero-order chi connectivity index (χ0) is 20.2. The third kappa shape index (κ3) is 4.65. The Morgan fingerprint density at radius 2 is 1.79 bits per heavy atom. The van der Waals surface area contributed by atoms with Crippen LogP contribution in [0.5, 0.6) is 11.5 Å². The maximum Gasteiger partial charge on any atom is 0.199 e. The first-order chi connectivity index (χ1) is 14.2. The van der Waals surface area contributed by atoms with E-state index >= 15 is 0 Å². The van der Waals surface area contributed by atoms with Crippen LogP contribution < -0.4 is 9.47 Å². The van der Waals surface area contributed by atoms with E-state index in [1.807, 2.05) is 48.1 Å². The molecule has 0 atom stereocenters. The molecule has 2 heterocycles. The van der Waals surface area contributed by atoms with Gasteiger partial charge in [0.25, 0.3) is 0 Å². The molecular formula is C21H25N5O2S. The molecule has 29 heavy (non-hydrogen) atoms. The number of methoxy groups -OCH3 is 1. The molecule has 0 radical (unpaired) electrons. The second-order valence-electron chi connectivity index (χ2n) is 7.19. The van der Waals surface area contributed by atoms with Crippen molar-refractivity contribution in [3.8, 4) is 22.9 Å². The van der Waals surface area contributed by atoms with E-state index in [9.17, 15) is 0 Å². The van der Waals surface area contributed by atoms with Gasteiger partial charge < -0.3 is 9.47 Å². The summed E-state index contributed by atoms with van der Waals surface area (Å²) in [5.74, 6) is 2.57. The minimum absolute atomic E-state index is 0.461. The number of benzene rings is 1. The molecule has 2 aromatic heterocycles. The summed E-state index contributed by atoms with van der Waals surface area (Å²) in [6.07, 6.45) is 5.89. The maximum absolute atomic E-state index is 5.83. The number of ether oxygens (including phenoxy) is 2. The van der Waals surface area contributed by atoms with Crippen LogP contribution in [0.25, 0.3) is 11.4 Å². The van der Waals surface area contributed by atoms with Crippen molar-refractivity contribution < 1.29 is 9.47 Å². The average molecular weight is 412 g/mol. The van der Waals surface area contributed by atoms with Crippen LogP contribution in [0.15, 0.2) is 48.8 Å². The number of nitrogens with zero attached hydrogens (tertiary/aromatic N) is 5. The normalized spacial score (nSPS) is 13.6. The van der Waals surface area contributed by atoms with Crippen molar-refractivity contribution in [1.82, 2.24) is 24.2 Å². The molecule has 4 rings (SSSR count). The molecule has 1 aromatic carbocycles. The largest absolute Gasteiger partial charge is 0.497 e. The van der Waals surface area contributed by atoms with Crippen molar-refractivity contribution in [2.24, 2.45) is 0 Å². The van der Waals surface area contributed by atoms with Crippen LogP contribution in [-0.2, 0) is 6.67 Å². The summed E-state index contributed by atoms with van der Waals surface area (Å²) in [5, 5.41) is 4.82. The van der Waals surface area contributed by atoms with Gasteiger partial charge in [0.2, 0.25) is 0 Å². The van der Waals surface area contributed by atoms with Crippen LogP contribution in [0.3, 0.4) is 0 Å². The summed E-state index contributed by atoms with van der Waals surface area (Å²) in [7, 11) is 3.70. The zero-order valence-electron chi connectivity index (χ0n) is 16.7. The summed E-state index contributed by atoms with van der Waals surface area (Å²) in [6, 6.07) is 12.0. The molecule has 1 fully saturated rings. The Morgan fingerprint density at radius 1 is 1.10 bits per heavy atom. The van der Waals surface area contributed by atoms with Crippen LogP contribution in [0.1, 0.15) is 18.9 Å². The minimum atomic E-state index is 0.461. The van der Waals surface area contributed by atoms with Gasteiger partial charge in [-0.1, -0.05) is 0 Å². The van der Waals surface area contributed by atoms with E-state index in [1.54, 1.807) is 19.5 Å².